The molecule has 0 saturated heterocycles. The van der Waals surface area contributed by atoms with Gasteiger partial charge in [-0.3, -0.25) is 0 Å². The quantitative estimate of drug-likeness (QED) is 0.742. The topological polar surface area (TPSA) is 37.4 Å². The molecule has 0 atom stereocenters. The van der Waals surface area contributed by atoms with Crippen molar-refractivity contribution >= 4 is 10.0 Å². The Morgan fingerprint density at radius 3 is 2.13 bits per heavy atom. The summed E-state index contributed by atoms with van der Waals surface area (Å²) in [6, 6.07) is 0.274. The van der Waals surface area contributed by atoms with Gasteiger partial charge >= 0.3 is 0 Å². The van der Waals surface area contributed by atoms with Gasteiger partial charge in [0.15, 0.2) is 0 Å². The summed E-state index contributed by atoms with van der Waals surface area (Å²) in [5, 5.41) is -0.0545. The number of sulfonamides is 1. The zero-order valence-electron chi connectivity index (χ0n) is 9.86. The Hall–Kier alpha value is -0.0900. The van der Waals surface area contributed by atoms with Crippen LogP contribution in [0.3, 0.4) is 0 Å². The van der Waals surface area contributed by atoms with Gasteiger partial charge in [-0.05, 0) is 31.1 Å². The largest absolute Gasteiger partial charge is 0.217 e. The van der Waals surface area contributed by atoms with E-state index in [9.17, 15) is 8.42 Å². The van der Waals surface area contributed by atoms with Gasteiger partial charge in [-0.2, -0.15) is 4.31 Å². The van der Waals surface area contributed by atoms with Crippen molar-refractivity contribution in [2.45, 2.75) is 57.7 Å². The fraction of sp³-hybridized carbons (Fsp3) is 1.00. The highest BCUT2D eigenvalue weighted by atomic mass is 32.2. The van der Waals surface area contributed by atoms with Gasteiger partial charge in [0.1, 0.15) is 0 Å². The van der Waals surface area contributed by atoms with E-state index in [2.05, 4.69) is 13.8 Å². The Kier molecular flexibility index (Phi) is 2.62. The molecular formula is C11H21NO2S. The maximum Gasteiger partial charge on any atom is 0.217 e. The molecule has 3 nitrogen and oxygen atoms in total. The van der Waals surface area contributed by atoms with Crippen molar-refractivity contribution in [2.24, 2.45) is 5.41 Å². The van der Waals surface area contributed by atoms with Crippen molar-refractivity contribution in [1.82, 2.24) is 4.31 Å². The summed E-state index contributed by atoms with van der Waals surface area (Å²) in [6.07, 6.45) is 3.78. The van der Waals surface area contributed by atoms with Crippen LogP contribution in [0.4, 0.5) is 0 Å². The summed E-state index contributed by atoms with van der Waals surface area (Å²) in [4.78, 5) is 0. The number of hydrogen-bond acceptors (Lipinski definition) is 2. The third-order valence-corrected chi connectivity index (χ3v) is 6.09. The van der Waals surface area contributed by atoms with Crippen molar-refractivity contribution in [3.63, 3.8) is 0 Å². The van der Waals surface area contributed by atoms with Gasteiger partial charge in [0.25, 0.3) is 0 Å². The molecule has 2 rings (SSSR count). The van der Waals surface area contributed by atoms with Crippen LogP contribution >= 0.6 is 0 Å². The molecular weight excluding hydrogens is 210 g/mol. The van der Waals surface area contributed by atoms with E-state index in [1.165, 1.54) is 0 Å². The summed E-state index contributed by atoms with van der Waals surface area (Å²) in [7, 11) is -2.95. The molecule has 88 valence electrons. The van der Waals surface area contributed by atoms with Gasteiger partial charge in [-0.1, -0.05) is 20.8 Å². The normalized spacial score (nSPS) is 26.7. The first kappa shape index (κ1) is 11.4. The smallest absolute Gasteiger partial charge is 0.212 e. The first-order valence-corrected chi connectivity index (χ1v) is 7.38. The third-order valence-electron chi connectivity index (χ3n) is 3.57. The Morgan fingerprint density at radius 2 is 1.80 bits per heavy atom. The van der Waals surface area contributed by atoms with Crippen LogP contribution in [0.2, 0.25) is 0 Å². The molecule has 0 spiro atoms. The van der Waals surface area contributed by atoms with Gasteiger partial charge < -0.3 is 0 Å². The molecule has 0 N–H and O–H groups in total. The predicted octanol–water partition coefficient (Wildman–Crippen LogP) is 1.99. The molecule has 0 amide bonds. The summed E-state index contributed by atoms with van der Waals surface area (Å²) >= 11 is 0. The van der Waals surface area contributed by atoms with Crippen molar-refractivity contribution < 1.29 is 8.42 Å². The lowest BCUT2D eigenvalue weighted by molar-refractivity contribution is 0.0764. The van der Waals surface area contributed by atoms with Crippen LogP contribution in [0.5, 0.6) is 0 Å². The number of hydrogen-bond donors (Lipinski definition) is 0. The lowest BCUT2D eigenvalue weighted by Gasteiger charge is -2.47. The average Bonchev–Trinajstić information content (AvgIpc) is 2.82. The van der Waals surface area contributed by atoms with Gasteiger partial charge in [0.2, 0.25) is 10.0 Å². The second kappa shape index (κ2) is 3.45. The zero-order valence-corrected chi connectivity index (χ0v) is 10.7. The minimum Gasteiger partial charge on any atom is -0.212 e. The van der Waals surface area contributed by atoms with E-state index in [-0.39, 0.29) is 11.3 Å². The summed E-state index contributed by atoms with van der Waals surface area (Å²) in [6.45, 7) is 7.01. The zero-order chi connectivity index (χ0) is 11.3. The second-order valence-electron chi connectivity index (χ2n) is 5.67. The van der Waals surface area contributed by atoms with E-state index in [0.717, 1.165) is 25.7 Å². The molecule has 0 aromatic heterocycles. The Morgan fingerprint density at radius 1 is 1.27 bits per heavy atom. The SMILES string of the molecule is CCN(C1CC(C)(C)C1)S(=O)(=O)C1CC1. The van der Waals surface area contributed by atoms with Gasteiger partial charge in [0.05, 0.1) is 5.25 Å². The molecule has 0 bridgehead atoms. The number of nitrogens with zero attached hydrogens (tertiary/aromatic N) is 1. The molecule has 15 heavy (non-hydrogen) atoms. The molecule has 0 aromatic rings. The lowest BCUT2D eigenvalue weighted by Crippen LogP contribution is -2.51. The van der Waals surface area contributed by atoms with Gasteiger partial charge in [0, 0.05) is 12.6 Å². The highest BCUT2D eigenvalue weighted by Gasteiger charge is 2.47. The highest BCUT2D eigenvalue weighted by molar-refractivity contribution is 7.90. The fourth-order valence-corrected chi connectivity index (χ4v) is 4.66. The number of rotatable bonds is 4. The molecule has 0 heterocycles. The standard InChI is InChI=1S/C11H21NO2S/c1-4-12(9-7-11(2,3)8-9)15(13,14)10-5-6-10/h9-10H,4-8H2,1-3H3. The molecule has 2 aliphatic carbocycles. The van der Waals surface area contributed by atoms with Gasteiger partial charge in [-0.15, -0.1) is 0 Å². The molecule has 0 radical (unpaired) electrons. The maximum atomic E-state index is 12.1. The maximum absolute atomic E-state index is 12.1. The fourth-order valence-electron chi connectivity index (χ4n) is 2.62. The van der Waals surface area contributed by atoms with E-state index in [4.69, 9.17) is 0 Å². The average molecular weight is 231 g/mol. The van der Waals surface area contributed by atoms with Crippen molar-refractivity contribution in [3.05, 3.63) is 0 Å². The Labute approximate surface area is 92.9 Å². The Balaban J connectivity index is 2.05. The van der Waals surface area contributed by atoms with Crippen LogP contribution in [0, 0.1) is 5.41 Å². The molecule has 2 saturated carbocycles. The van der Waals surface area contributed by atoms with Crippen LogP contribution < -0.4 is 0 Å². The van der Waals surface area contributed by atoms with Crippen molar-refractivity contribution in [1.29, 1.82) is 0 Å². The van der Waals surface area contributed by atoms with Crippen molar-refractivity contribution in [3.8, 4) is 0 Å². The van der Waals surface area contributed by atoms with E-state index in [1.54, 1.807) is 4.31 Å². The van der Waals surface area contributed by atoms with E-state index >= 15 is 0 Å². The second-order valence-corrected chi connectivity index (χ2v) is 7.84. The molecule has 2 aliphatic rings. The molecule has 0 unspecified atom stereocenters. The minimum absolute atomic E-state index is 0.0545. The van der Waals surface area contributed by atoms with Crippen molar-refractivity contribution in [2.75, 3.05) is 6.54 Å². The van der Waals surface area contributed by atoms with Crippen LogP contribution in [0.1, 0.15) is 46.5 Å². The molecule has 0 aliphatic heterocycles. The van der Waals surface area contributed by atoms with E-state index in [0.29, 0.717) is 12.0 Å². The Bertz CT molecular complexity index is 336. The van der Waals surface area contributed by atoms with E-state index in [1.807, 2.05) is 6.92 Å². The third kappa shape index (κ3) is 2.07. The monoisotopic (exact) mass is 231 g/mol. The van der Waals surface area contributed by atoms with Crippen LogP contribution in [0.15, 0.2) is 0 Å². The van der Waals surface area contributed by atoms with Gasteiger partial charge in [-0.25, -0.2) is 8.42 Å². The van der Waals surface area contributed by atoms with Crippen LogP contribution in [-0.4, -0.2) is 30.6 Å². The highest BCUT2D eigenvalue weighted by Crippen LogP contribution is 2.45. The van der Waals surface area contributed by atoms with E-state index < -0.39 is 10.0 Å². The lowest BCUT2D eigenvalue weighted by atomic mass is 9.68. The summed E-state index contributed by atoms with van der Waals surface area (Å²) < 4.78 is 25.9. The van der Waals surface area contributed by atoms with Crippen LogP contribution in [0.25, 0.3) is 0 Å². The van der Waals surface area contributed by atoms with Crippen LogP contribution in [-0.2, 0) is 10.0 Å². The minimum atomic E-state index is -2.95. The summed E-state index contributed by atoms with van der Waals surface area (Å²) in [5.41, 5.74) is 0.344. The summed E-state index contributed by atoms with van der Waals surface area (Å²) in [5.74, 6) is 0. The first-order chi connectivity index (χ1) is 6.87. The molecule has 2 fully saturated rings. The first-order valence-electron chi connectivity index (χ1n) is 5.87. The molecule has 4 heteroatoms. The molecule has 0 aromatic carbocycles. The predicted molar refractivity (Wildman–Crippen MR) is 61.1 cm³/mol.